The van der Waals surface area contributed by atoms with E-state index in [1.165, 1.54) is 94.3 Å². The number of allylic oxidation sites excluding steroid dienone is 13. The number of benzene rings is 5. The molecule has 56 heavy (non-hydrogen) atoms. The number of nitrogens with zero attached hydrogens (tertiary/aromatic N) is 2. The Bertz CT molecular complexity index is 2910. The van der Waals surface area contributed by atoms with E-state index in [0.717, 1.165) is 44.9 Å². The first-order valence-electron chi connectivity index (χ1n) is 20.4. The lowest BCUT2D eigenvalue weighted by atomic mass is 9.85. The molecule has 4 aliphatic carbocycles. The summed E-state index contributed by atoms with van der Waals surface area (Å²) in [7, 11) is 0. The van der Waals surface area contributed by atoms with Crippen LogP contribution in [0.25, 0.3) is 61.3 Å². The van der Waals surface area contributed by atoms with Crippen molar-refractivity contribution in [1.82, 2.24) is 9.13 Å². The molecule has 1 unspecified atom stereocenters. The van der Waals surface area contributed by atoms with Crippen LogP contribution in [0.15, 0.2) is 181 Å². The molecule has 270 valence electrons. The summed E-state index contributed by atoms with van der Waals surface area (Å²) in [5.74, 6) is 0.306. The Kier molecular flexibility index (Phi) is 8.09. The summed E-state index contributed by atoms with van der Waals surface area (Å²) in [6.07, 6.45) is 26.4. The van der Waals surface area contributed by atoms with E-state index in [-0.39, 0.29) is 0 Å². The minimum Gasteiger partial charge on any atom is -0.317 e. The lowest BCUT2D eigenvalue weighted by Crippen LogP contribution is -2.11. The Morgan fingerprint density at radius 2 is 1.20 bits per heavy atom. The lowest BCUT2D eigenvalue weighted by Gasteiger charge is -2.26. The van der Waals surface area contributed by atoms with E-state index in [2.05, 4.69) is 185 Å². The van der Waals surface area contributed by atoms with Gasteiger partial charge in [0.25, 0.3) is 0 Å². The number of para-hydroxylation sites is 2. The molecular formula is C54H44N2. The molecule has 7 aromatic rings. The number of hydrogen-bond acceptors (Lipinski definition) is 0. The fourth-order valence-corrected chi connectivity index (χ4v) is 9.88. The quantitative estimate of drug-likeness (QED) is 0.162. The van der Waals surface area contributed by atoms with Crippen molar-refractivity contribution in [3.8, 4) is 0 Å². The van der Waals surface area contributed by atoms with Crippen molar-refractivity contribution in [3.05, 3.63) is 209 Å². The van der Waals surface area contributed by atoms with Crippen molar-refractivity contribution in [3.63, 3.8) is 0 Å². The molecule has 0 saturated carbocycles. The van der Waals surface area contributed by atoms with Gasteiger partial charge in [-0.2, -0.15) is 0 Å². The normalized spacial score (nSPS) is 18.2. The average Bonchev–Trinajstić information content (AvgIpc) is 3.79. The summed E-state index contributed by atoms with van der Waals surface area (Å²) in [6.45, 7) is 0. The van der Waals surface area contributed by atoms with Crippen LogP contribution in [0, 0.1) is 0 Å². The Hall–Kier alpha value is -6.38. The predicted octanol–water partition coefficient (Wildman–Crippen LogP) is 14.2. The zero-order valence-electron chi connectivity index (χ0n) is 31.7. The average molecular weight is 721 g/mol. The molecule has 1 atom stereocenters. The largest absolute Gasteiger partial charge is 0.317 e. The van der Waals surface area contributed by atoms with Crippen LogP contribution in [0.1, 0.15) is 72.4 Å². The molecule has 0 aliphatic heterocycles. The van der Waals surface area contributed by atoms with Gasteiger partial charge in [0.2, 0.25) is 0 Å². The molecular weight excluding hydrogens is 677 g/mol. The fourth-order valence-electron chi connectivity index (χ4n) is 9.88. The lowest BCUT2D eigenvalue weighted by molar-refractivity contribution is 0.809. The van der Waals surface area contributed by atoms with Gasteiger partial charge in [-0.25, -0.2) is 0 Å². The van der Waals surface area contributed by atoms with Crippen LogP contribution in [0.4, 0.5) is 0 Å². The monoisotopic (exact) mass is 720 g/mol. The molecule has 0 spiro atoms. The van der Waals surface area contributed by atoms with Crippen molar-refractivity contribution in [1.29, 1.82) is 0 Å². The number of aromatic nitrogens is 2. The van der Waals surface area contributed by atoms with Crippen LogP contribution in [0.2, 0.25) is 0 Å². The van der Waals surface area contributed by atoms with Crippen LogP contribution < -0.4 is 0 Å². The number of rotatable bonds is 6. The van der Waals surface area contributed by atoms with Crippen LogP contribution in [-0.4, -0.2) is 9.13 Å². The molecule has 0 radical (unpaired) electrons. The topological polar surface area (TPSA) is 9.86 Å². The smallest absolute Gasteiger partial charge is 0.0538 e. The van der Waals surface area contributed by atoms with Gasteiger partial charge in [-0.1, -0.05) is 134 Å². The molecule has 0 N–H and O–H groups in total. The van der Waals surface area contributed by atoms with Crippen LogP contribution >= 0.6 is 0 Å². The van der Waals surface area contributed by atoms with Crippen LogP contribution in [-0.2, 0) is 6.42 Å². The van der Waals surface area contributed by atoms with E-state index in [0.29, 0.717) is 5.92 Å². The van der Waals surface area contributed by atoms with Gasteiger partial charge in [-0.3, -0.25) is 0 Å². The third-order valence-corrected chi connectivity index (χ3v) is 12.6. The maximum Gasteiger partial charge on any atom is 0.0538 e. The minimum absolute atomic E-state index is 0.306. The van der Waals surface area contributed by atoms with Gasteiger partial charge in [0.05, 0.1) is 16.6 Å². The van der Waals surface area contributed by atoms with E-state index in [1.54, 1.807) is 0 Å². The van der Waals surface area contributed by atoms with Gasteiger partial charge in [0.1, 0.15) is 0 Å². The zero-order valence-corrected chi connectivity index (χ0v) is 31.7. The van der Waals surface area contributed by atoms with E-state index in [9.17, 15) is 0 Å². The van der Waals surface area contributed by atoms with Gasteiger partial charge in [-0.05, 0) is 126 Å². The Balaban J connectivity index is 1.00. The van der Waals surface area contributed by atoms with E-state index in [1.807, 2.05) is 0 Å². The van der Waals surface area contributed by atoms with E-state index >= 15 is 0 Å². The van der Waals surface area contributed by atoms with Crippen molar-refractivity contribution >= 4 is 61.3 Å². The molecule has 5 aromatic carbocycles. The third kappa shape index (κ3) is 5.63. The van der Waals surface area contributed by atoms with Crippen molar-refractivity contribution in [2.24, 2.45) is 0 Å². The second-order valence-electron chi connectivity index (χ2n) is 15.8. The number of hydrogen-bond donors (Lipinski definition) is 0. The molecule has 0 saturated heterocycles. The molecule has 2 heterocycles. The summed E-state index contributed by atoms with van der Waals surface area (Å²) in [6, 6.07) is 47.2. The van der Waals surface area contributed by atoms with Crippen LogP contribution in [0.5, 0.6) is 0 Å². The van der Waals surface area contributed by atoms with E-state index < -0.39 is 0 Å². The van der Waals surface area contributed by atoms with Gasteiger partial charge in [0, 0.05) is 44.7 Å². The predicted molar refractivity (Wildman–Crippen MR) is 238 cm³/mol. The summed E-state index contributed by atoms with van der Waals surface area (Å²) < 4.78 is 5.14. The Morgan fingerprint density at radius 3 is 1.98 bits per heavy atom. The Labute approximate surface area is 329 Å². The highest BCUT2D eigenvalue weighted by atomic mass is 15.0. The molecule has 2 nitrogen and oxygen atoms in total. The summed E-state index contributed by atoms with van der Waals surface area (Å²) >= 11 is 0. The third-order valence-electron chi connectivity index (χ3n) is 12.6. The molecule has 2 heteroatoms. The van der Waals surface area contributed by atoms with Crippen molar-refractivity contribution < 1.29 is 0 Å². The summed E-state index contributed by atoms with van der Waals surface area (Å²) in [4.78, 5) is 0. The maximum absolute atomic E-state index is 2.61. The minimum atomic E-state index is 0.306. The fraction of sp³-hybridized carbons (Fsp3) is 0.148. The second-order valence-corrected chi connectivity index (χ2v) is 15.8. The summed E-state index contributed by atoms with van der Waals surface area (Å²) in [5, 5.41) is 4.00. The number of fused-ring (bicyclic) bond motifs is 6. The van der Waals surface area contributed by atoms with Gasteiger partial charge in [-0.15, -0.1) is 0 Å². The highest BCUT2D eigenvalue weighted by Crippen LogP contribution is 2.44. The van der Waals surface area contributed by atoms with Gasteiger partial charge < -0.3 is 9.13 Å². The van der Waals surface area contributed by atoms with Crippen LogP contribution in [0.3, 0.4) is 0 Å². The van der Waals surface area contributed by atoms with Gasteiger partial charge in [0.15, 0.2) is 0 Å². The SMILES string of the molecule is C1=CCCC(C2=CC=C(n3c4ccccc4c4cc(C5=Cc6c(n(C7=CC(c8ccccc8)=CC(c8ccccc8)C7)c7ccccc67)CC5)ccc43)CC2)=C1. The first-order valence-corrected chi connectivity index (χ1v) is 20.4. The molecule has 0 bridgehead atoms. The molecule has 11 rings (SSSR count). The highest BCUT2D eigenvalue weighted by Gasteiger charge is 2.27. The van der Waals surface area contributed by atoms with Crippen molar-refractivity contribution in [2.75, 3.05) is 0 Å². The van der Waals surface area contributed by atoms with E-state index in [4.69, 9.17) is 0 Å². The first kappa shape index (κ1) is 33.0. The molecule has 0 amide bonds. The second kappa shape index (κ2) is 13.7. The Morgan fingerprint density at radius 1 is 0.482 bits per heavy atom. The molecule has 2 aromatic heterocycles. The molecule has 4 aliphatic rings. The first-order chi connectivity index (χ1) is 27.8. The zero-order chi connectivity index (χ0) is 37.0. The maximum atomic E-state index is 2.61. The molecule has 0 fully saturated rings. The van der Waals surface area contributed by atoms with Gasteiger partial charge >= 0.3 is 0 Å². The standard InChI is InChI=1S/C54H44N2/c1-4-14-37(15-5-1)40-24-28-45(29-25-40)55-51-22-12-10-20-47(51)49-35-41(26-30-53(49)55)42-27-31-54-50(36-42)48-21-11-13-23-52(48)56(54)46-33-43(38-16-6-2-7-17-38)32-44(34-46)39-18-8-3-9-19-39/h1-4,6-14,16-24,26,28,30,32-33,35-36,44H,5,15,25,27,29,31,34H2. The summed E-state index contributed by atoms with van der Waals surface area (Å²) in [5.41, 5.74) is 19.1. The highest BCUT2D eigenvalue weighted by molar-refractivity contribution is 6.11. The van der Waals surface area contributed by atoms with Crippen molar-refractivity contribution in [2.45, 2.75) is 50.9 Å².